The van der Waals surface area contributed by atoms with Crippen LogP contribution in [0.1, 0.15) is 54.9 Å². The summed E-state index contributed by atoms with van der Waals surface area (Å²) < 4.78 is 10.9. The summed E-state index contributed by atoms with van der Waals surface area (Å²) in [6.07, 6.45) is 9.87. The van der Waals surface area contributed by atoms with Crippen molar-refractivity contribution >= 4 is 18.3 Å². The van der Waals surface area contributed by atoms with Crippen LogP contribution in [0.15, 0.2) is 54.6 Å². The summed E-state index contributed by atoms with van der Waals surface area (Å²) in [5.74, 6) is 0.764. The molecular formula is C23H26O4. The van der Waals surface area contributed by atoms with Crippen LogP contribution in [-0.2, 0) is 4.79 Å². The summed E-state index contributed by atoms with van der Waals surface area (Å²) in [4.78, 5) is 22.5. The Morgan fingerprint density at radius 2 is 1.48 bits per heavy atom. The molecule has 0 atom stereocenters. The predicted octanol–water partition coefficient (Wildman–Crippen LogP) is 5.47. The molecule has 0 spiro atoms. The highest BCUT2D eigenvalue weighted by Crippen LogP contribution is 2.15. The summed E-state index contributed by atoms with van der Waals surface area (Å²) in [7, 11) is 0. The lowest BCUT2D eigenvalue weighted by Crippen LogP contribution is -2.03. The Morgan fingerprint density at radius 3 is 2.15 bits per heavy atom. The van der Waals surface area contributed by atoms with Crippen LogP contribution in [0.5, 0.6) is 11.5 Å². The lowest BCUT2D eigenvalue weighted by molar-refractivity contribution is -0.128. The third kappa shape index (κ3) is 7.90. The number of unbranched alkanes of at least 4 members (excludes halogenated alkanes) is 4. The highest BCUT2D eigenvalue weighted by atomic mass is 16.5. The van der Waals surface area contributed by atoms with Gasteiger partial charge in [-0.05, 0) is 54.5 Å². The molecule has 0 N–H and O–H groups in total. The highest BCUT2D eigenvalue weighted by Gasteiger charge is 2.01. The first kappa shape index (κ1) is 20.4. The Balaban J connectivity index is 1.75. The van der Waals surface area contributed by atoms with Crippen molar-refractivity contribution < 1.29 is 19.1 Å². The number of aldehydes is 1. The van der Waals surface area contributed by atoms with Crippen molar-refractivity contribution in [3.05, 3.63) is 65.7 Å². The number of hydrogen-bond acceptors (Lipinski definition) is 4. The molecule has 0 aromatic heterocycles. The summed E-state index contributed by atoms with van der Waals surface area (Å²) in [5.41, 5.74) is 1.42. The lowest BCUT2D eigenvalue weighted by Gasteiger charge is -2.06. The van der Waals surface area contributed by atoms with Gasteiger partial charge >= 0.3 is 5.97 Å². The fourth-order valence-corrected chi connectivity index (χ4v) is 2.50. The molecule has 0 fully saturated rings. The van der Waals surface area contributed by atoms with Crippen LogP contribution in [0.2, 0.25) is 0 Å². The molecular weight excluding hydrogens is 340 g/mol. The van der Waals surface area contributed by atoms with E-state index in [4.69, 9.17) is 9.47 Å². The van der Waals surface area contributed by atoms with Gasteiger partial charge in [0.2, 0.25) is 0 Å². The minimum atomic E-state index is -0.471. The number of hydrogen-bond donors (Lipinski definition) is 0. The number of ether oxygens (including phenoxy) is 2. The SMILES string of the molecule is CCCCCCCOc1ccc(/C=C/C(=O)Oc2ccc(C=O)cc2)cc1. The molecule has 2 rings (SSSR count). The van der Waals surface area contributed by atoms with Gasteiger partial charge in [-0.25, -0.2) is 4.79 Å². The van der Waals surface area contributed by atoms with Gasteiger partial charge in [-0.15, -0.1) is 0 Å². The van der Waals surface area contributed by atoms with Gasteiger partial charge in [0.05, 0.1) is 6.61 Å². The molecule has 142 valence electrons. The van der Waals surface area contributed by atoms with Crippen molar-refractivity contribution in [2.24, 2.45) is 0 Å². The second-order valence-electron chi connectivity index (χ2n) is 6.27. The van der Waals surface area contributed by atoms with E-state index in [1.54, 1.807) is 30.3 Å². The number of rotatable bonds is 11. The number of carbonyl (C=O) groups is 2. The molecule has 2 aromatic rings. The third-order valence-corrected chi connectivity index (χ3v) is 4.04. The first-order valence-corrected chi connectivity index (χ1v) is 9.39. The summed E-state index contributed by atoms with van der Waals surface area (Å²) in [6, 6.07) is 14.0. The molecule has 4 nitrogen and oxygen atoms in total. The van der Waals surface area contributed by atoms with Gasteiger partial charge < -0.3 is 9.47 Å². The maximum absolute atomic E-state index is 11.9. The van der Waals surface area contributed by atoms with E-state index >= 15 is 0 Å². The van der Waals surface area contributed by atoms with E-state index in [0.29, 0.717) is 11.3 Å². The van der Waals surface area contributed by atoms with Gasteiger partial charge in [0, 0.05) is 11.6 Å². The van der Waals surface area contributed by atoms with Crippen molar-refractivity contribution in [1.29, 1.82) is 0 Å². The van der Waals surface area contributed by atoms with Gasteiger partial charge in [0.1, 0.15) is 17.8 Å². The molecule has 0 aliphatic heterocycles. The fraction of sp³-hybridized carbons (Fsp3) is 0.304. The zero-order valence-corrected chi connectivity index (χ0v) is 15.7. The quantitative estimate of drug-likeness (QED) is 0.174. The van der Waals surface area contributed by atoms with Crippen molar-refractivity contribution in [3.63, 3.8) is 0 Å². The topological polar surface area (TPSA) is 52.6 Å². The number of carbonyl (C=O) groups excluding carboxylic acids is 2. The molecule has 27 heavy (non-hydrogen) atoms. The van der Waals surface area contributed by atoms with Gasteiger partial charge in [0.15, 0.2) is 0 Å². The minimum Gasteiger partial charge on any atom is -0.494 e. The molecule has 0 aliphatic rings. The molecule has 0 saturated carbocycles. The van der Waals surface area contributed by atoms with Crippen LogP contribution in [0.25, 0.3) is 6.08 Å². The van der Waals surface area contributed by atoms with E-state index in [0.717, 1.165) is 30.6 Å². The van der Waals surface area contributed by atoms with E-state index in [1.165, 1.54) is 31.8 Å². The maximum atomic E-state index is 11.9. The smallest absolute Gasteiger partial charge is 0.336 e. The standard InChI is InChI=1S/C23H26O4/c1-2-3-4-5-6-17-26-21-12-7-19(8-13-21)11-16-23(25)27-22-14-9-20(18-24)10-15-22/h7-16,18H,2-6,17H2,1H3/b16-11+. The Hall–Kier alpha value is -2.88. The van der Waals surface area contributed by atoms with E-state index in [-0.39, 0.29) is 0 Å². The maximum Gasteiger partial charge on any atom is 0.336 e. The molecule has 0 aliphatic carbocycles. The van der Waals surface area contributed by atoms with Crippen LogP contribution in [0.4, 0.5) is 0 Å². The van der Waals surface area contributed by atoms with Gasteiger partial charge in [-0.1, -0.05) is 44.7 Å². The van der Waals surface area contributed by atoms with Crippen molar-refractivity contribution in [1.82, 2.24) is 0 Å². The Kier molecular flexibility index (Phi) is 8.84. The van der Waals surface area contributed by atoms with E-state index in [2.05, 4.69) is 6.92 Å². The fourth-order valence-electron chi connectivity index (χ4n) is 2.50. The zero-order valence-electron chi connectivity index (χ0n) is 15.7. The van der Waals surface area contributed by atoms with Crippen molar-refractivity contribution in [2.45, 2.75) is 39.0 Å². The summed E-state index contributed by atoms with van der Waals surface area (Å²) >= 11 is 0. The molecule has 0 saturated heterocycles. The highest BCUT2D eigenvalue weighted by molar-refractivity contribution is 5.88. The second-order valence-corrected chi connectivity index (χ2v) is 6.27. The zero-order chi connectivity index (χ0) is 19.3. The number of esters is 1. The Bertz CT molecular complexity index is 730. The van der Waals surface area contributed by atoms with Crippen LogP contribution in [-0.4, -0.2) is 18.9 Å². The molecule has 4 heteroatoms. The molecule has 2 aromatic carbocycles. The Labute approximate surface area is 160 Å². The lowest BCUT2D eigenvalue weighted by atomic mass is 10.2. The summed E-state index contributed by atoms with van der Waals surface area (Å²) in [6.45, 7) is 2.94. The van der Waals surface area contributed by atoms with Gasteiger partial charge in [0.25, 0.3) is 0 Å². The van der Waals surface area contributed by atoms with Crippen LogP contribution in [0.3, 0.4) is 0 Å². The molecule has 0 heterocycles. The van der Waals surface area contributed by atoms with E-state index in [1.807, 2.05) is 24.3 Å². The van der Waals surface area contributed by atoms with E-state index < -0.39 is 5.97 Å². The van der Waals surface area contributed by atoms with Crippen LogP contribution >= 0.6 is 0 Å². The minimum absolute atomic E-state index is 0.401. The second kappa shape index (κ2) is 11.7. The predicted molar refractivity (Wildman–Crippen MR) is 107 cm³/mol. The molecule has 0 amide bonds. The molecule has 0 radical (unpaired) electrons. The first-order chi connectivity index (χ1) is 13.2. The summed E-state index contributed by atoms with van der Waals surface area (Å²) in [5, 5.41) is 0. The molecule has 0 bridgehead atoms. The third-order valence-electron chi connectivity index (χ3n) is 4.04. The molecule has 0 unspecified atom stereocenters. The number of benzene rings is 2. The normalized spacial score (nSPS) is 10.7. The average Bonchev–Trinajstić information content (AvgIpc) is 2.70. The van der Waals surface area contributed by atoms with Gasteiger partial charge in [-0.2, -0.15) is 0 Å². The average molecular weight is 366 g/mol. The monoisotopic (exact) mass is 366 g/mol. The van der Waals surface area contributed by atoms with Crippen LogP contribution in [0, 0.1) is 0 Å². The van der Waals surface area contributed by atoms with Crippen molar-refractivity contribution in [3.8, 4) is 11.5 Å². The van der Waals surface area contributed by atoms with E-state index in [9.17, 15) is 9.59 Å². The largest absolute Gasteiger partial charge is 0.494 e. The Morgan fingerprint density at radius 1 is 0.852 bits per heavy atom. The van der Waals surface area contributed by atoms with Crippen molar-refractivity contribution in [2.75, 3.05) is 6.61 Å². The van der Waals surface area contributed by atoms with Gasteiger partial charge in [-0.3, -0.25) is 4.79 Å². The van der Waals surface area contributed by atoms with Crippen LogP contribution < -0.4 is 9.47 Å². The first-order valence-electron chi connectivity index (χ1n) is 9.39.